The van der Waals surface area contributed by atoms with Crippen molar-refractivity contribution >= 4 is 25.2 Å². The minimum absolute atomic E-state index is 0.107. The molecule has 9 nitrogen and oxygen atoms in total. The lowest BCUT2D eigenvalue weighted by Crippen LogP contribution is -2.49. The molecule has 0 aliphatic heterocycles. The van der Waals surface area contributed by atoms with E-state index in [1.807, 2.05) is 54.6 Å². The summed E-state index contributed by atoms with van der Waals surface area (Å²) in [6.45, 7) is -0.107. The first-order valence-electron chi connectivity index (χ1n) is 11.3. The molecule has 3 aromatic carbocycles. The van der Waals surface area contributed by atoms with E-state index in [1.165, 1.54) is 12.0 Å². The third kappa shape index (κ3) is 7.95. The first kappa shape index (κ1) is 26.9. The summed E-state index contributed by atoms with van der Waals surface area (Å²) in [7, 11) is -3.07. The van der Waals surface area contributed by atoms with E-state index in [0.717, 1.165) is 16.7 Å². The van der Waals surface area contributed by atoms with Crippen molar-refractivity contribution in [3.05, 3.63) is 84.4 Å². The van der Waals surface area contributed by atoms with Gasteiger partial charge in [0.2, 0.25) is 5.91 Å². The summed E-state index contributed by atoms with van der Waals surface area (Å²) in [5, 5.41) is 11.5. The van der Waals surface area contributed by atoms with Crippen molar-refractivity contribution in [1.82, 2.24) is 5.32 Å². The average Bonchev–Trinajstić information content (AvgIpc) is 2.86. The number of carboxylic acids is 1. The van der Waals surface area contributed by atoms with Crippen molar-refractivity contribution < 1.29 is 33.8 Å². The molecule has 36 heavy (non-hydrogen) atoms. The number of nitrogens with zero attached hydrogens (tertiary/aromatic N) is 1. The number of methoxy groups -OCH3 is 1. The molecule has 0 bridgehead atoms. The number of amides is 1. The van der Waals surface area contributed by atoms with Gasteiger partial charge >= 0.3 is 13.6 Å². The number of hydrogen-bond donors (Lipinski definition) is 4. The van der Waals surface area contributed by atoms with Crippen LogP contribution in [0.1, 0.15) is 12.0 Å². The molecule has 0 spiro atoms. The van der Waals surface area contributed by atoms with E-state index in [9.17, 15) is 23.9 Å². The second kappa shape index (κ2) is 12.4. The van der Waals surface area contributed by atoms with Gasteiger partial charge in [0.1, 0.15) is 18.1 Å². The molecular weight excluding hydrogens is 483 g/mol. The Morgan fingerprint density at radius 1 is 0.944 bits per heavy atom. The Morgan fingerprint density at radius 3 is 2.11 bits per heavy atom. The molecule has 3 aromatic rings. The lowest BCUT2D eigenvalue weighted by molar-refractivity contribution is -0.136. The van der Waals surface area contributed by atoms with Gasteiger partial charge in [0.15, 0.2) is 0 Å². The zero-order valence-corrected chi connectivity index (χ0v) is 20.7. The normalized spacial score (nSPS) is 12.0. The standard InChI is InChI=1S/C26H29N2O7P/c1-35-23-13-11-22(12-14-23)28(18-36(32,33)34)24(26(31)27-16-15-25(29)30)17-19-7-9-21(10-8-19)20-5-3-2-4-6-20/h2-14,24H,15-18H2,1H3,(H,27,31)(H,29,30)(H2,32,33,34)/t24-/m0/s1. The average molecular weight is 512 g/mol. The minimum Gasteiger partial charge on any atom is -0.497 e. The van der Waals surface area contributed by atoms with Crippen LogP contribution in [0.15, 0.2) is 78.9 Å². The van der Waals surface area contributed by atoms with Gasteiger partial charge in [-0.15, -0.1) is 0 Å². The number of aliphatic carboxylic acids is 1. The van der Waals surface area contributed by atoms with Gasteiger partial charge in [-0.05, 0) is 41.0 Å². The third-order valence-corrected chi connectivity index (χ3v) is 6.22. The number of hydrogen-bond acceptors (Lipinski definition) is 5. The molecule has 0 radical (unpaired) electrons. The Morgan fingerprint density at radius 2 is 1.56 bits per heavy atom. The lowest BCUT2D eigenvalue weighted by atomic mass is 9.99. The Kier molecular flexibility index (Phi) is 9.25. The van der Waals surface area contributed by atoms with E-state index in [1.54, 1.807) is 24.3 Å². The van der Waals surface area contributed by atoms with Gasteiger partial charge < -0.3 is 29.8 Å². The number of ether oxygens (including phenoxy) is 1. The van der Waals surface area contributed by atoms with Gasteiger partial charge in [-0.25, -0.2) is 0 Å². The van der Waals surface area contributed by atoms with Crippen molar-refractivity contribution in [3.8, 4) is 16.9 Å². The molecule has 4 N–H and O–H groups in total. The van der Waals surface area contributed by atoms with Crippen molar-refractivity contribution in [2.24, 2.45) is 0 Å². The fourth-order valence-corrected chi connectivity index (χ4v) is 4.53. The first-order chi connectivity index (χ1) is 17.2. The zero-order valence-electron chi connectivity index (χ0n) is 19.8. The molecule has 0 fully saturated rings. The summed E-state index contributed by atoms with van der Waals surface area (Å²) in [6.07, 6.45) is -0.830. The molecule has 1 amide bonds. The van der Waals surface area contributed by atoms with Crippen LogP contribution >= 0.6 is 7.60 Å². The number of carbonyl (C=O) groups is 2. The summed E-state index contributed by atoms with van der Waals surface area (Å²) in [5.74, 6) is -1.05. The quantitative estimate of drug-likeness (QED) is 0.271. The smallest absolute Gasteiger partial charge is 0.344 e. The fraction of sp³-hybridized carbons (Fsp3) is 0.231. The van der Waals surface area contributed by atoms with Crippen LogP contribution in [-0.4, -0.2) is 52.8 Å². The molecule has 0 aliphatic rings. The van der Waals surface area contributed by atoms with E-state index in [2.05, 4.69) is 5.32 Å². The molecule has 0 unspecified atom stereocenters. The summed E-state index contributed by atoms with van der Waals surface area (Å²) < 4.78 is 17.2. The molecule has 0 aliphatic carbocycles. The highest BCUT2D eigenvalue weighted by Crippen LogP contribution is 2.38. The van der Waals surface area contributed by atoms with E-state index in [0.29, 0.717) is 11.4 Å². The van der Waals surface area contributed by atoms with E-state index < -0.39 is 31.8 Å². The molecule has 0 aromatic heterocycles. The van der Waals surface area contributed by atoms with Crippen molar-refractivity contribution in [3.63, 3.8) is 0 Å². The predicted octanol–water partition coefficient (Wildman–Crippen LogP) is 3.51. The van der Waals surface area contributed by atoms with Gasteiger partial charge in [0.25, 0.3) is 0 Å². The lowest BCUT2D eigenvalue weighted by Gasteiger charge is -2.33. The van der Waals surface area contributed by atoms with Crippen molar-refractivity contribution in [2.45, 2.75) is 18.9 Å². The van der Waals surface area contributed by atoms with Crippen molar-refractivity contribution in [1.29, 1.82) is 0 Å². The fourth-order valence-electron chi connectivity index (χ4n) is 3.77. The molecule has 0 saturated heterocycles. The molecule has 0 saturated carbocycles. The van der Waals surface area contributed by atoms with E-state index in [-0.39, 0.29) is 19.4 Å². The first-order valence-corrected chi connectivity index (χ1v) is 13.0. The Hall–Kier alpha value is -3.65. The summed E-state index contributed by atoms with van der Waals surface area (Å²) >= 11 is 0. The summed E-state index contributed by atoms with van der Waals surface area (Å²) in [5.41, 5.74) is 3.22. The monoisotopic (exact) mass is 512 g/mol. The van der Waals surface area contributed by atoms with Crippen LogP contribution in [0.3, 0.4) is 0 Å². The second-order valence-corrected chi connectivity index (χ2v) is 9.80. The maximum Gasteiger partial charge on any atom is 0.344 e. The number of benzene rings is 3. The van der Waals surface area contributed by atoms with Gasteiger partial charge in [0.05, 0.1) is 13.5 Å². The number of nitrogens with one attached hydrogen (secondary N) is 1. The molecule has 190 valence electrons. The van der Waals surface area contributed by atoms with Crippen LogP contribution < -0.4 is 15.0 Å². The van der Waals surface area contributed by atoms with Crippen LogP contribution in [0.25, 0.3) is 11.1 Å². The van der Waals surface area contributed by atoms with Crippen LogP contribution in [0.5, 0.6) is 5.75 Å². The predicted molar refractivity (Wildman–Crippen MR) is 137 cm³/mol. The largest absolute Gasteiger partial charge is 0.497 e. The highest BCUT2D eigenvalue weighted by atomic mass is 31.2. The number of carboxylic acid groups (broad SMARTS) is 1. The third-order valence-electron chi connectivity index (χ3n) is 5.55. The SMILES string of the molecule is COc1ccc(N(CP(=O)(O)O)[C@@H](Cc2ccc(-c3ccccc3)cc2)C(=O)NCCC(=O)O)cc1. The second-order valence-electron chi connectivity index (χ2n) is 8.19. The van der Waals surface area contributed by atoms with Crippen LogP contribution in [0.2, 0.25) is 0 Å². The molecule has 0 heterocycles. The van der Waals surface area contributed by atoms with Gasteiger partial charge in [-0.1, -0.05) is 54.6 Å². The van der Waals surface area contributed by atoms with Gasteiger partial charge in [-0.2, -0.15) is 0 Å². The maximum atomic E-state index is 13.2. The van der Waals surface area contributed by atoms with E-state index >= 15 is 0 Å². The van der Waals surface area contributed by atoms with E-state index in [4.69, 9.17) is 9.84 Å². The molecule has 1 atom stereocenters. The summed E-state index contributed by atoms with van der Waals surface area (Å²) in [6, 6.07) is 22.8. The Balaban J connectivity index is 1.94. The topological polar surface area (TPSA) is 136 Å². The maximum absolute atomic E-state index is 13.2. The molecular formula is C26H29N2O7P. The zero-order chi connectivity index (χ0) is 26.1. The minimum atomic E-state index is -4.57. The van der Waals surface area contributed by atoms with Crippen LogP contribution in [0, 0.1) is 0 Å². The summed E-state index contributed by atoms with van der Waals surface area (Å²) in [4.78, 5) is 45.1. The van der Waals surface area contributed by atoms with Crippen LogP contribution in [-0.2, 0) is 20.6 Å². The van der Waals surface area contributed by atoms with Crippen molar-refractivity contribution in [2.75, 3.05) is 24.8 Å². The van der Waals surface area contributed by atoms with Gasteiger partial charge in [-0.3, -0.25) is 14.2 Å². The number of anilines is 1. The highest BCUT2D eigenvalue weighted by Gasteiger charge is 2.31. The highest BCUT2D eigenvalue weighted by molar-refractivity contribution is 7.51. The molecule has 3 rings (SSSR count). The Bertz CT molecular complexity index is 1200. The number of carbonyl (C=O) groups excluding carboxylic acids is 1. The Labute approximate surface area is 209 Å². The van der Waals surface area contributed by atoms with Gasteiger partial charge in [0, 0.05) is 18.7 Å². The number of rotatable bonds is 12. The molecule has 10 heteroatoms. The van der Waals surface area contributed by atoms with Crippen LogP contribution in [0.4, 0.5) is 5.69 Å².